The molecule has 1 atom stereocenters. The van der Waals surface area contributed by atoms with Crippen LogP contribution in [0.1, 0.15) is 26.7 Å². The standard InChI is InChI=1S/C15H20BrNO4/c1-10(2)14(15(19)20)17-13(18)8-5-9-21-12-7-4-3-6-11(12)16/h3-4,6-7,10,14H,5,8-9H2,1-2H3,(H,17,18)(H,19,20)/t14-/m0/s1. The van der Waals surface area contributed by atoms with Crippen LogP contribution < -0.4 is 10.1 Å². The van der Waals surface area contributed by atoms with Gasteiger partial charge in [0.25, 0.3) is 0 Å². The summed E-state index contributed by atoms with van der Waals surface area (Å²) in [6, 6.07) is 6.63. The molecule has 0 aliphatic heterocycles. The van der Waals surface area contributed by atoms with Gasteiger partial charge in [0.1, 0.15) is 11.8 Å². The monoisotopic (exact) mass is 357 g/mol. The second-order valence-corrected chi connectivity index (χ2v) is 5.86. The summed E-state index contributed by atoms with van der Waals surface area (Å²) >= 11 is 3.37. The molecule has 5 nitrogen and oxygen atoms in total. The molecule has 0 bridgehead atoms. The van der Waals surface area contributed by atoms with Crippen LogP contribution in [0.3, 0.4) is 0 Å². The quantitative estimate of drug-likeness (QED) is 0.701. The van der Waals surface area contributed by atoms with Crippen molar-refractivity contribution in [1.29, 1.82) is 0 Å². The molecule has 116 valence electrons. The number of carbonyl (C=O) groups excluding carboxylic acids is 1. The van der Waals surface area contributed by atoms with Gasteiger partial charge in [0.15, 0.2) is 0 Å². The van der Waals surface area contributed by atoms with E-state index in [0.29, 0.717) is 13.0 Å². The SMILES string of the molecule is CC(C)[C@H](NC(=O)CCCOc1ccccc1Br)C(=O)O. The number of para-hydroxylation sites is 1. The number of nitrogens with one attached hydrogen (secondary N) is 1. The van der Waals surface area contributed by atoms with Crippen LogP contribution in [0.2, 0.25) is 0 Å². The molecule has 0 aromatic heterocycles. The summed E-state index contributed by atoms with van der Waals surface area (Å²) in [5.41, 5.74) is 0. The Morgan fingerprint density at radius 1 is 1.33 bits per heavy atom. The Kier molecular flexibility index (Phi) is 7.22. The Morgan fingerprint density at radius 3 is 2.57 bits per heavy atom. The maximum absolute atomic E-state index is 11.7. The van der Waals surface area contributed by atoms with Crippen LogP contribution in [0, 0.1) is 5.92 Å². The summed E-state index contributed by atoms with van der Waals surface area (Å²) in [7, 11) is 0. The van der Waals surface area contributed by atoms with Crippen LogP contribution >= 0.6 is 15.9 Å². The molecule has 21 heavy (non-hydrogen) atoms. The summed E-state index contributed by atoms with van der Waals surface area (Å²) < 4.78 is 6.41. The first kappa shape index (κ1) is 17.5. The van der Waals surface area contributed by atoms with Crippen LogP contribution in [0.15, 0.2) is 28.7 Å². The Hall–Kier alpha value is -1.56. The Morgan fingerprint density at radius 2 is 2.00 bits per heavy atom. The summed E-state index contributed by atoms with van der Waals surface area (Å²) in [4.78, 5) is 22.7. The minimum absolute atomic E-state index is 0.150. The van der Waals surface area contributed by atoms with Gasteiger partial charge in [0.2, 0.25) is 5.91 Å². The number of carboxylic acids is 1. The number of carboxylic acid groups (broad SMARTS) is 1. The third-order valence-electron chi connectivity index (χ3n) is 2.89. The zero-order valence-corrected chi connectivity index (χ0v) is 13.7. The highest BCUT2D eigenvalue weighted by Gasteiger charge is 2.22. The molecule has 0 heterocycles. The van der Waals surface area contributed by atoms with Crippen molar-refractivity contribution in [1.82, 2.24) is 5.32 Å². The van der Waals surface area contributed by atoms with Gasteiger partial charge in [0, 0.05) is 6.42 Å². The smallest absolute Gasteiger partial charge is 0.326 e. The van der Waals surface area contributed by atoms with Crippen LogP contribution in [-0.4, -0.2) is 29.6 Å². The molecule has 0 radical (unpaired) electrons. The Balaban J connectivity index is 2.31. The van der Waals surface area contributed by atoms with Crippen molar-refractivity contribution in [3.8, 4) is 5.75 Å². The largest absolute Gasteiger partial charge is 0.492 e. The molecule has 0 aliphatic carbocycles. The number of halogens is 1. The van der Waals surface area contributed by atoms with Gasteiger partial charge < -0.3 is 15.2 Å². The molecule has 6 heteroatoms. The first-order valence-corrected chi connectivity index (χ1v) is 7.60. The van der Waals surface area contributed by atoms with Crippen molar-refractivity contribution < 1.29 is 19.4 Å². The van der Waals surface area contributed by atoms with E-state index in [2.05, 4.69) is 21.2 Å². The molecule has 1 rings (SSSR count). The predicted molar refractivity (Wildman–Crippen MR) is 83.3 cm³/mol. The molecular formula is C15H20BrNO4. The van der Waals surface area contributed by atoms with Gasteiger partial charge in [-0.2, -0.15) is 0 Å². The van der Waals surface area contributed by atoms with Gasteiger partial charge in [-0.05, 0) is 40.4 Å². The molecule has 0 spiro atoms. The number of benzene rings is 1. The van der Waals surface area contributed by atoms with Crippen LogP contribution in [-0.2, 0) is 9.59 Å². The van der Waals surface area contributed by atoms with E-state index in [1.165, 1.54) is 0 Å². The average Bonchev–Trinajstić information content (AvgIpc) is 2.42. The Bertz CT molecular complexity index is 490. The van der Waals surface area contributed by atoms with E-state index in [-0.39, 0.29) is 18.2 Å². The van der Waals surface area contributed by atoms with E-state index in [9.17, 15) is 9.59 Å². The zero-order valence-electron chi connectivity index (χ0n) is 12.1. The molecule has 0 unspecified atom stereocenters. The highest BCUT2D eigenvalue weighted by Crippen LogP contribution is 2.23. The summed E-state index contributed by atoms with van der Waals surface area (Å²) in [6.07, 6.45) is 0.762. The second kappa shape index (κ2) is 8.67. The van der Waals surface area contributed by atoms with E-state index < -0.39 is 12.0 Å². The van der Waals surface area contributed by atoms with Crippen molar-refractivity contribution in [2.24, 2.45) is 5.92 Å². The van der Waals surface area contributed by atoms with E-state index in [1.54, 1.807) is 13.8 Å². The predicted octanol–water partition coefficient (Wildman–Crippen LogP) is 2.83. The first-order chi connectivity index (χ1) is 9.91. The number of rotatable bonds is 8. The minimum Gasteiger partial charge on any atom is -0.492 e. The zero-order chi connectivity index (χ0) is 15.8. The molecule has 0 saturated carbocycles. The number of aliphatic carboxylic acids is 1. The third-order valence-corrected chi connectivity index (χ3v) is 3.55. The summed E-state index contributed by atoms with van der Waals surface area (Å²) in [5.74, 6) is -0.707. The molecule has 0 fully saturated rings. The van der Waals surface area contributed by atoms with Gasteiger partial charge in [0.05, 0.1) is 11.1 Å². The first-order valence-electron chi connectivity index (χ1n) is 6.81. The fourth-order valence-electron chi connectivity index (χ4n) is 1.74. The number of amides is 1. The van der Waals surface area contributed by atoms with Gasteiger partial charge in [-0.3, -0.25) is 4.79 Å². The minimum atomic E-state index is -1.01. The molecular weight excluding hydrogens is 338 g/mol. The maximum atomic E-state index is 11.7. The van der Waals surface area contributed by atoms with Gasteiger partial charge in [-0.15, -0.1) is 0 Å². The fourth-order valence-corrected chi connectivity index (χ4v) is 2.14. The van der Waals surface area contributed by atoms with Gasteiger partial charge in [-0.25, -0.2) is 4.79 Å². The molecule has 1 amide bonds. The summed E-state index contributed by atoms with van der Waals surface area (Å²) in [6.45, 7) is 3.92. The van der Waals surface area contributed by atoms with Gasteiger partial charge >= 0.3 is 5.97 Å². The van der Waals surface area contributed by atoms with Crippen molar-refractivity contribution in [3.63, 3.8) is 0 Å². The van der Waals surface area contributed by atoms with Crippen LogP contribution in [0.25, 0.3) is 0 Å². The molecule has 1 aromatic carbocycles. The topological polar surface area (TPSA) is 75.6 Å². The second-order valence-electron chi connectivity index (χ2n) is 5.01. The fraction of sp³-hybridized carbons (Fsp3) is 0.467. The normalized spacial score (nSPS) is 12.0. The van der Waals surface area contributed by atoms with Crippen molar-refractivity contribution in [3.05, 3.63) is 28.7 Å². The number of carbonyl (C=O) groups is 2. The highest BCUT2D eigenvalue weighted by atomic mass is 79.9. The number of hydrogen-bond donors (Lipinski definition) is 2. The molecule has 0 saturated heterocycles. The lowest BCUT2D eigenvalue weighted by Gasteiger charge is -2.17. The average molecular weight is 358 g/mol. The van der Waals surface area contributed by atoms with Crippen LogP contribution in [0.5, 0.6) is 5.75 Å². The van der Waals surface area contributed by atoms with Crippen molar-refractivity contribution in [2.75, 3.05) is 6.61 Å². The molecule has 2 N–H and O–H groups in total. The summed E-state index contributed by atoms with van der Waals surface area (Å²) in [5, 5.41) is 11.5. The van der Waals surface area contributed by atoms with E-state index in [4.69, 9.17) is 9.84 Å². The molecule has 1 aromatic rings. The maximum Gasteiger partial charge on any atom is 0.326 e. The number of hydrogen-bond acceptors (Lipinski definition) is 3. The Labute approximate surface area is 132 Å². The lowest BCUT2D eigenvalue weighted by atomic mass is 10.0. The van der Waals surface area contributed by atoms with E-state index >= 15 is 0 Å². The molecule has 0 aliphatic rings. The van der Waals surface area contributed by atoms with E-state index in [0.717, 1.165) is 10.2 Å². The lowest BCUT2D eigenvalue weighted by Crippen LogP contribution is -2.44. The van der Waals surface area contributed by atoms with Gasteiger partial charge in [-0.1, -0.05) is 26.0 Å². The van der Waals surface area contributed by atoms with Crippen molar-refractivity contribution in [2.45, 2.75) is 32.7 Å². The van der Waals surface area contributed by atoms with Crippen LogP contribution in [0.4, 0.5) is 0 Å². The number of ether oxygens (including phenoxy) is 1. The lowest BCUT2D eigenvalue weighted by molar-refractivity contribution is -0.143. The van der Waals surface area contributed by atoms with Crippen molar-refractivity contribution >= 4 is 27.8 Å². The third kappa shape index (κ3) is 6.16. The van der Waals surface area contributed by atoms with E-state index in [1.807, 2.05) is 24.3 Å². The highest BCUT2D eigenvalue weighted by molar-refractivity contribution is 9.10.